The number of aromatic amines is 1. The number of nitrogens with one attached hydrogen (secondary N) is 1. The van der Waals surface area contributed by atoms with E-state index in [1.54, 1.807) is 4.57 Å². The predicted octanol–water partition coefficient (Wildman–Crippen LogP) is -0.709. The van der Waals surface area contributed by atoms with E-state index in [0.29, 0.717) is 24.1 Å². The lowest BCUT2D eigenvalue weighted by Gasteiger charge is -1.99. The van der Waals surface area contributed by atoms with Crippen LogP contribution in [0.3, 0.4) is 0 Å². The molecule has 0 unspecified atom stereocenters. The third-order valence-corrected chi connectivity index (χ3v) is 1.99. The number of aromatic nitrogens is 4. The van der Waals surface area contributed by atoms with Crippen molar-refractivity contribution in [2.45, 2.75) is 13.0 Å². The van der Waals surface area contributed by atoms with Crippen LogP contribution in [0, 0.1) is 0 Å². The fourth-order valence-electron chi connectivity index (χ4n) is 1.36. The van der Waals surface area contributed by atoms with Crippen LogP contribution < -0.4 is 11.3 Å². The summed E-state index contributed by atoms with van der Waals surface area (Å²) in [6.07, 6.45) is 2.58. The summed E-state index contributed by atoms with van der Waals surface area (Å²) in [7, 11) is 0. The normalized spacial score (nSPS) is 10.7. The Bertz CT molecular complexity index is 556. The number of hydrogen-bond donors (Lipinski definition) is 2. The number of aldehydes is 1. The Morgan fingerprint density at radius 3 is 3.13 bits per heavy atom. The molecule has 78 valence electrons. The maximum absolute atomic E-state index is 11.5. The second-order valence-corrected chi connectivity index (χ2v) is 3.02. The highest BCUT2D eigenvalue weighted by Gasteiger charge is 2.08. The van der Waals surface area contributed by atoms with Crippen LogP contribution in [0.4, 0.5) is 5.95 Å². The summed E-state index contributed by atoms with van der Waals surface area (Å²) in [5, 5.41) is 0. The Hall–Kier alpha value is -2.18. The summed E-state index contributed by atoms with van der Waals surface area (Å²) in [6, 6.07) is 0. The highest BCUT2D eigenvalue weighted by molar-refractivity contribution is 5.70. The van der Waals surface area contributed by atoms with Gasteiger partial charge >= 0.3 is 0 Å². The average molecular weight is 207 g/mol. The van der Waals surface area contributed by atoms with Crippen molar-refractivity contribution in [2.24, 2.45) is 0 Å². The fraction of sp³-hybridized carbons (Fsp3) is 0.250. The summed E-state index contributed by atoms with van der Waals surface area (Å²) >= 11 is 0. The van der Waals surface area contributed by atoms with Crippen molar-refractivity contribution in [1.82, 2.24) is 19.5 Å². The number of hydrogen-bond acceptors (Lipinski definition) is 5. The molecule has 0 aromatic carbocycles. The van der Waals surface area contributed by atoms with Crippen LogP contribution in [0.2, 0.25) is 0 Å². The first kappa shape index (κ1) is 9.38. The first-order valence-electron chi connectivity index (χ1n) is 4.36. The Morgan fingerprint density at radius 2 is 2.40 bits per heavy atom. The van der Waals surface area contributed by atoms with Gasteiger partial charge < -0.3 is 15.1 Å². The van der Waals surface area contributed by atoms with Crippen molar-refractivity contribution in [3.8, 4) is 0 Å². The molecule has 2 aromatic heterocycles. The molecule has 15 heavy (non-hydrogen) atoms. The fourth-order valence-corrected chi connectivity index (χ4v) is 1.36. The molecule has 2 heterocycles. The smallest absolute Gasteiger partial charge is 0.278 e. The Balaban J connectivity index is 2.58. The lowest BCUT2D eigenvalue weighted by Crippen LogP contribution is -2.14. The van der Waals surface area contributed by atoms with E-state index in [2.05, 4.69) is 15.0 Å². The molecule has 2 rings (SSSR count). The van der Waals surface area contributed by atoms with Gasteiger partial charge in [0.15, 0.2) is 11.2 Å². The van der Waals surface area contributed by atoms with E-state index in [1.165, 1.54) is 6.33 Å². The zero-order chi connectivity index (χ0) is 10.8. The minimum absolute atomic E-state index is 0.0353. The van der Waals surface area contributed by atoms with Gasteiger partial charge in [-0.3, -0.25) is 9.78 Å². The molecule has 0 amide bonds. The minimum atomic E-state index is -0.346. The number of aryl methyl sites for hydroxylation is 1. The number of carbonyl (C=O) groups excluding carboxylic acids is 1. The van der Waals surface area contributed by atoms with Gasteiger partial charge in [-0.2, -0.15) is 4.98 Å². The van der Waals surface area contributed by atoms with Gasteiger partial charge in [0.05, 0.1) is 6.33 Å². The van der Waals surface area contributed by atoms with Crippen LogP contribution in [-0.4, -0.2) is 25.8 Å². The molecule has 0 aliphatic carbocycles. The molecular formula is C8H9N5O2. The van der Waals surface area contributed by atoms with Gasteiger partial charge in [0.25, 0.3) is 5.56 Å². The molecule has 7 heteroatoms. The number of rotatable bonds is 3. The summed E-state index contributed by atoms with van der Waals surface area (Å²) in [6.45, 7) is 0.411. The van der Waals surface area contributed by atoms with Crippen molar-refractivity contribution in [3.05, 3.63) is 16.7 Å². The van der Waals surface area contributed by atoms with Crippen LogP contribution in [0.5, 0.6) is 0 Å². The average Bonchev–Trinajstić information content (AvgIpc) is 2.58. The van der Waals surface area contributed by atoms with E-state index in [9.17, 15) is 9.59 Å². The van der Waals surface area contributed by atoms with Crippen LogP contribution in [0.15, 0.2) is 11.1 Å². The van der Waals surface area contributed by atoms with Crippen LogP contribution in [0.25, 0.3) is 11.2 Å². The highest BCUT2D eigenvalue weighted by atomic mass is 16.1. The number of fused-ring (bicyclic) bond motifs is 1. The number of anilines is 1. The zero-order valence-electron chi connectivity index (χ0n) is 7.80. The summed E-state index contributed by atoms with van der Waals surface area (Å²) in [4.78, 5) is 31.9. The van der Waals surface area contributed by atoms with Crippen LogP contribution in [-0.2, 0) is 11.3 Å². The van der Waals surface area contributed by atoms with E-state index in [4.69, 9.17) is 5.73 Å². The van der Waals surface area contributed by atoms with E-state index in [-0.39, 0.29) is 11.5 Å². The van der Waals surface area contributed by atoms with Crippen LogP contribution in [0.1, 0.15) is 6.42 Å². The first-order valence-corrected chi connectivity index (χ1v) is 4.36. The van der Waals surface area contributed by atoms with E-state index < -0.39 is 0 Å². The summed E-state index contributed by atoms with van der Waals surface area (Å²) < 4.78 is 1.58. The third-order valence-electron chi connectivity index (χ3n) is 1.99. The van der Waals surface area contributed by atoms with E-state index in [0.717, 1.165) is 6.29 Å². The van der Waals surface area contributed by atoms with Gasteiger partial charge in [-0.1, -0.05) is 0 Å². The maximum atomic E-state index is 11.5. The molecule has 0 atom stereocenters. The van der Waals surface area contributed by atoms with Gasteiger partial charge in [-0.15, -0.1) is 0 Å². The number of nitrogen functional groups attached to an aromatic ring is 1. The monoisotopic (exact) mass is 207 g/mol. The van der Waals surface area contributed by atoms with Gasteiger partial charge in [-0.05, 0) is 0 Å². The number of carbonyl (C=O) groups is 1. The number of nitrogens with zero attached hydrogens (tertiary/aromatic N) is 3. The minimum Gasteiger partial charge on any atom is -0.369 e. The maximum Gasteiger partial charge on any atom is 0.278 e. The van der Waals surface area contributed by atoms with E-state index >= 15 is 0 Å². The van der Waals surface area contributed by atoms with Gasteiger partial charge in [0, 0.05) is 13.0 Å². The van der Waals surface area contributed by atoms with Crippen molar-refractivity contribution < 1.29 is 4.79 Å². The molecule has 0 bridgehead atoms. The Morgan fingerprint density at radius 1 is 1.60 bits per heavy atom. The van der Waals surface area contributed by atoms with Crippen molar-refractivity contribution in [3.63, 3.8) is 0 Å². The molecule has 2 aromatic rings. The quantitative estimate of drug-likeness (QED) is 0.646. The van der Waals surface area contributed by atoms with Crippen LogP contribution >= 0.6 is 0 Å². The topological polar surface area (TPSA) is 107 Å². The Kier molecular flexibility index (Phi) is 2.20. The Labute approximate surface area is 83.9 Å². The predicted molar refractivity (Wildman–Crippen MR) is 53.2 cm³/mol. The SMILES string of the molecule is Nc1nc2ncn(CCC=O)c2c(=O)[nH]1. The molecule has 0 spiro atoms. The van der Waals surface area contributed by atoms with Crippen molar-refractivity contribution in [2.75, 3.05) is 5.73 Å². The second-order valence-electron chi connectivity index (χ2n) is 3.02. The largest absolute Gasteiger partial charge is 0.369 e. The molecule has 0 saturated carbocycles. The summed E-state index contributed by atoms with van der Waals surface area (Å²) in [5.74, 6) is 0.0353. The lowest BCUT2D eigenvalue weighted by atomic mass is 10.4. The number of nitrogens with two attached hydrogens (primary N) is 1. The number of imidazole rings is 1. The molecule has 3 N–H and O–H groups in total. The summed E-state index contributed by atoms with van der Waals surface area (Å²) in [5.41, 5.74) is 5.65. The van der Waals surface area contributed by atoms with Crippen molar-refractivity contribution in [1.29, 1.82) is 0 Å². The molecular weight excluding hydrogens is 198 g/mol. The van der Waals surface area contributed by atoms with Crippen molar-refractivity contribution >= 4 is 23.4 Å². The van der Waals surface area contributed by atoms with Gasteiger partial charge in [0.2, 0.25) is 5.95 Å². The van der Waals surface area contributed by atoms with Gasteiger partial charge in [-0.25, -0.2) is 4.98 Å². The molecule has 0 fully saturated rings. The van der Waals surface area contributed by atoms with Gasteiger partial charge in [0.1, 0.15) is 6.29 Å². The molecule has 0 radical (unpaired) electrons. The molecule has 0 aliphatic heterocycles. The zero-order valence-corrected chi connectivity index (χ0v) is 7.80. The molecule has 7 nitrogen and oxygen atoms in total. The molecule has 0 saturated heterocycles. The third kappa shape index (κ3) is 1.58. The van der Waals surface area contributed by atoms with E-state index in [1.807, 2.05) is 0 Å². The molecule has 0 aliphatic rings. The first-order chi connectivity index (χ1) is 7.22. The highest BCUT2D eigenvalue weighted by Crippen LogP contribution is 2.05. The second kappa shape index (κ2) is 3.52. The lowest BCUT2D eigenvalue weighted by molar-refractivity contribution is -0.108. The standard InChI is InChI=1S/C8H9N5O2/c9-8-11-6-5(7(15)12-8)13(4-10-6)2-1-3-14/h3-4H,1-2H2,(H3,9,11,12,15). The number of H-pyrrole nitrogens is 1.